The molecule has 2 rings (SSSR count). The van der Waals surface area contributed by atoms with Gasteiger partial charge in [-0.05, 0) is 42.0 Å². The monoisotopic (exact) mass is 291 g/mol. The third-order valence-electron chi connectivity index (χ3n) is 4.24. The molecule has 0 bridgehead atoms. The Morgan fingerprint density at radius 3 is 2.43 bits per heavy atom. The standard InChI is InChI=1S/C18H29NO2/c1-5-14(4)16(12-19-11-13(2)3)15-6-7-17-18(10-15)21-9-8-20-17/h6-7,10,13-14,16,19H,5,8-9,11-12H2,1-4H3. The second-order valence-electron chi connectivity index (χ2n) is 6.45. The Morgan fingerprint density at radius 1 is 1.05 bits per heavy atom. The molecule has 3 heteroatoms. The Hall–Kier alpha value is -1.22. The molecule has 1 N–H and O–H groups in total. The first-order chi connectivity index (χ1) is 10.1. The van der Waals surface area contributed by atoms with Crippen LogP contribution in [-0.4, -0.2) is 26.3 Å². The van der Waals surface area contributed by atoms with E-state index in [2.05, 4.69) is 51.2 Å². The van der Waals surface area contributed by atoms with E-state index in [1.807, 2.05) is 0 Å². The zero-order valence-electron chi connectivity index (χ0n) is 13.8. The van der Waals surface area contributed by atoms with Gasteiger partial charge in [0, 0.05) is 6.54 Å². The Kier molecular flexibility index (Phi) is 5.92. The molecule has 2 unspecified atom stereocenters. The smallest absolute Gasteiger partial charge is 0.161 e. The molecule has 1 heterocycles. The minimum atomic E-state index is 0.518. The molecule has 1 aromatic rings. The fourth-order valence-electron chi connectivity index (χ4n) is 2.75. The predicted molar refractivity (Wildman–Crippen MR) is 87.3 cm³/mol. The second-order valence-corrected chi connectivity index (χ2v) is 6.45. The number of ether oxygens (including phenoxy) is 2. The molecule has 0 radical (unpaired) electrons. The molecular formula is C18H29NO2. The molecule has 118 valence electrons. The summed E-state index contributed by atoms with van der Waals surface area (Å²) in [5.41, 5.74) is 1.35. The molecule has 0 spiro atoms. The Labute approximate surface area is 129 Å². The van der Waals surface area contributed by atoms with Crippen molar-refractivity contribution in [3.05, 3.63) is 23.8 Å². The van der Waals surface area contributed by atoms with Crippen molar-refractivity contribution in [2.45, 2.75) is 40.0 Å². The van der Waals surface area contributed by atoms with Crippen LogP contribution in [-0.2, 0) is 0 Å². The van der Waals surface area contributed by atoms with Crippen molar-refractivity contribution >= 4 is 0 Å². The first-order valence-corrected chi connectivity index (χ1v) is 8.22. The van der Waals surface area contributed by atoms with Gasteiger partial charge in [0.2, 0.25) is 0 Å². The van der Waals surface area contributed by atoms with E-state index in [0.29, 0.717) is 31.0 Å². The predicted octanol–water partition coefficient (Wildman–Crippen LogP) is 3.83. The lowest BCUT2D eigenvalue weighted by Crippen LogP contribution is -2.28. The Balaban J connectivity index is 2.11. The van der Waals surface area contributed by atoms with Gasteiger partial charge in [-0.2, -0.15) is 0 Å². The van der Waals surface area contributed by atoms with Crippen LogP contribution >= 0.6 is 0 Å². The molecule has 0 aromatic heterocycles. The van der Waals surface area contributed by atoms with Crippen LogP contribution in [0.1, 0.15) is 45.6 Å². The van der Waals surface area contributed by atoms with Crippen LogP contribution in [0.2, 0.25) is 0 Å². The van der Waals surface area contributed by atoms with Gasteiger partial charge in [0.1, 0.15) is 13.2 Å². The molecule has 3 nitrogen and oxygen atoms in total. The minimum absolute atomic E-state index is 0.518. The van der Waals surface area contributed by atoms with E-state index in [0.717, 1.165) is 24.6 Å². The summed E-state index contributed by atoms with van der Waals surface area (Å²) in [6, 6.07) is 6.42. The number of hydrogen-bond acceptors (Lipinski definition) is 3. The fraction of sp³-hybridized carbons (Fsp3) is 0.667. The van der Waals surface area contributed by atoms with Crippen LogP contribution in [0.4, 0.5) is 0 Å². The van der Waals surface area contributed by atoms with Gasteiger partial charge in [-0.15, -0.1) is 0 Å². The lowest BCUT2D eigenvalue weighted by Gasteiger charge is -2.26. The fourth-order valence-corrected chi connectivity index (χ4v) is 2.75. The summed E-state index contributed by atoms with van der Waals surface area (Å²) in [7, 11) is 0. The normalized spacial score (nSPS) is 16.8. The van der Waals surface area contributed by atoms with Gasteiger partial charge in [0.25, 0.3) is 0 Å². The molecule has 1 aromatic carbocycles. The van der Waals surface area contributed by atoms with Crippen molar-refractivity contribution in [1.29, 1.82) is 0 Å². The maximum Gasteiger partial charge on any atom is 0.161 e. The zero-order chi connectivity index (χ0) is 15.2. The van der Waals surface area contributed by atoms with E-state index < -0.39 is 0 Å². The first-order valence-electron chi connectivity index (χ1n) is 8.22. The average Bonchev–Trinajstić information content (AvgIpc) is 2.50. The van der Waals surface area contributed by atoms with Gasteiger partial charge < -0.3 is 14.8 Å². The highest BCUT2D eigenvalue weighted by Crippen LogP contribution is 2.35. The SMILES string of the molecule is CCC(C)C(CNCC(C)C)c1ccc2c(c1)OCCO2. The summed E-state index contributed by atoms with van der Waals surface area (Å²) < 4.78 is 11.3. The Bertz CT molecular complexity index is 445. The summed E-state index contributed by atoms with van der Waals surface area (Å²) in [6.45, 7) is 12.5. The number of hydrogen-bond donors (Lipinski definition) is 1. The van der Waals surface area contributed by atoms with E-state index in [-0.39, 0.29) is 0 Å². The van der Waals surface area contributed by atoms with Crippen LogP contribution in [0.25, 0.3) is 0 Å². The van der Waals surface area contributed by atoms with Crippen LogP contribution in [0, 0.1) is 11.8 Å². The van der Waals surface area contributed by atoms with E-state index in [9.17, 15) is 0 Å². The Morgan fingerprint density at radius 2 is 1.76 bits per heavy atom. The molecule has 2 atom stereocenters. The van der Waals surface area contributed by atoms with E-state index in [1.54, 1.807) is 0 Å². The molecule has 0 fully saturated rings. The quantitative estimate of drug-likeness (QED) is 0.828. The van der Waals surface area contributed by atoms with Gasteiger partial charge in [0.15, 0.2) is 11.5 Å². The molecule has 21 heavy (non-hydrogen) atoms. The van der Waals surface area contributed by atoms with Crippen molar-refractivity contribution < 1.29 is 9.47 Å². The molecule has 0 saturated carbocycles. The number of fused-ring (bicyclic) bond motifs is 1. The van der Waals surface area contributed by atoms with E-state index >= 15 is 0 Å². The van der Waals surface area contributed by atoms with Crippen LogP contribution in [0.3, 0.4) is 0 Å². The number of benzene rings is 1. The van der Waals surface area contributed by atoms with Crippen LogP contribution in [0.5, 0.6) is 11.5 Å². The third kappa shape index (κ3) is 4.37. The highest BCUT2D eigenvalue weighted by molar-refractivity contribution is 5.45. The number of rotatable bonds is 7. The van der Waals surface area contributed by atoms with E-state index in [1.165, 1.54) is 12.0 Å². The molecule has 1 aliphatic rings. The second kappa shape index (κ2) is 7.69. The molecule has 0 saturated heterocycles. The summed E-state index contributed by atoms with van der Waals surface area (Å²) in [6.07, 6.45) is 1.18. The van der Waals surface area contributed by atoms with Crippen LogP contribution < -0.4 is 14.8 Å². The highest BCUT2D eigenvalue weighted by atomic mass is 16.6. The van der Waals surface area contributed by atoms with Crippen molar-refractivity contribution in [3.8, 4) is 11.5 Å². The van der Waals surface area contributed by atoms with Crippen molar-refractivity contribution in [2.75, 3.05) is 26.3 Å². The van der Waals surface area contributed by atoms with Gasteiger partial charge in [-0.3, -0.25) is 0 Å². The zero-order valence-corrected chi connectivity index (χ0v) is 13.8. The van der Waals surface area contributed by atoms with Gasteiger partial charge >= 0.3 is 0 Å². The van der Waals surface area contributed by atoms with Crippen molar-refractivity contribution in [1.82, 2.24) is 5.32 Å². The largest absolute Gasteiger partial charge is 0.486 e. The van der Waals surface area contributed by atoms with Crippen molar-refractivity contribution in [2.24, 2.45) is 11.8 Å². The molecule has 1 aliphatic heterocycles. The summed E-state index contributed by atoms with van der Waals surface area (Å²) in [5, 5.41) is 3.61. The molecular weight excluding hydrogens is 262 g/mol. The maximum absolute atomic E-state index is 5.72. The summed E-state index contributed by atoms with van der Waals surface area (Å²) >= 11 is 0. The number of nitrogens with one attached hydrogen (secondary N) is 1. The third-order valence-corrected chi connectivity index (χ3v) is 4.24. The van der Waals surface area contributed by atoms with E-state index in [4.69, 9.17) is 9.47 Å². The molecule has 0 aliphatic carbocycles. The highest BCUT2D eigenvalue weighted by Gasteiger charge is 2.21. The van der Waals surface area contributed by atoms with Crippen LogP contribution in [0.15, 0.2) is 18.2 Å². The lowest BCUT2D eigenvalue weighted by atomic mass is 9.85. The van der Waals surface area contributed by atoms with Gasteiger partial charge in [-0.25, -0.2) is 0 Å². The summed E-state index contributed by atoms with van der Waals surface area (Å²) in [5.74, 6) is 3.62. The minimum Gasteiger partial charge on any atom is -0.486 e. The van der Waals surface area contributed by atoms with Gasteiger partial charge in [0.05, 0.1) is 0 Å². The average molecular weight is 291 g/mol. The van der Waals surface area contributed by atoms with Crippen molar-refractivity contribution in [3.63, 3.8) is 0 Å². The topological polar surface area (TPSA) is 30.5 Å². The molecule has 0 amide bonds. The lowest BCUT2D eigenvalue weighted by molar-refractivity contribution is 0.171. The summed E-state index contributed by atoms with van der Waals surface area (Å²) in [4.78, 5) is 0. The first kappa shape index (κ1) is 16.2. The maximum atomic E-state index is 5.72. The van der Waals surface area contributed by atoms with Gasteiger partial charge in [-0.1, -0.05) is 40.2 Å².